The molecule has 1 aliphatic heterocycles. The van der Waals surface area contributed by atoms with Gasteiger partial charge in [-0.05, 0) is 38.0 Å². The lowest BCUT2D eigenvalue weighted by molar-refractivity contribution is 0.0226. The molecule has 0 aromatic carbocycles. The topological polar surface area (TPSA) is 80.5 Å². The molecule has 1 atom stereocenters. The van der Waals surface area contributed by atoms with Crippen LogP contribution in [0.4, 0.5) is 5.69 Å². The van der Waals surface area contributed by atoms with Crippen molar-refractivity contribution in [1.82, 2.24) is 15.1 Å². The first kappa shape index (κ1) is 19.9. The zero-order valence-electron chi connectivity index (χ0n) is 17.0. The predicted octanol–water partition coefficient (Wildman–Crippen LogP) is 2.87. The molecule has 27 heavy (non-hydrogen) atoms. The second kappa shape index (κ2) is 8.42. The Hall–Kier alpha value is -1.89. The average Bonchev–Trinajstić information content (AvgIpc) is 3.39. The number of carbonyl (C=O) groups excluding carboxylic acids is 1. The summed E-state index contributed by atoms with van der Waals surface area (Å²) < 4.78 is 7.38. The quantitative estimate of drug-likeness (QED) is 0.567. The number of nitrogens with one attached hydrogen (secondary N) is 2. The van der Waals surface area contributed by atoms with E-state index in [0.717, 1.165) is 37.4 Å². The van der Waals surface area contributed by atoms with Crippen LogP contribution in [-0.4, -0.2) is 47.8 Å². The molecule has 7 heteroatoms. The molecule has 0 radical (unpaired) electrons. The van der Waals surface area contributed by atoms with Crippen LogP contribution in [0.25, 0.3) is 0 Å². The summed E-state index contributed by atoms with van der Waals surface area (Å²) >= 11 is 0. The number of aliphatic imine (C=N–C) groups is 1. The normalized spacial score (nSPS) is 20.8. The fourth-order valence-electron chi connectivity index (χ4n) is 3.32. The Kier molecular flexibility index (Phi) is 6.19. The standard InChI is InChI=1S/C20H33N5O2/c1-20(2,3)18-16(23-13-21-12-15-7-5-6-10-27-15)17(25(4)24-18)19(26)22-11-14-8-9-14/h13-15H,5-12H2,1-4H3,(H,21,23)(H,22,26). The minimum atomic E-state index is -0.185. The van der Waals surface area contributed by atoms with Gasteiger partial charge < -0.3 is 15.4 Å². The number of hydrogen-bond acceptors (Lipinski definition) is 4. The van der Waals surface area contributed by atoms with E-state index in [4.69, 9.17) is 4.74 Å². The SMILES string of the molecule is Cn1nc(C(C)(C)C)c(NC=NCC2CCCCO2)c1C(=O)NCC1CC1. The molecule has 0 bridgehead atoms. The lowest BCUT2D eigenvalue weighted by Gasteiger charge is -2.20. The summed E-state index contributed by atoms with van der Waals surface area (Å²) in [7, 11) is 1.82. The van der Waals surface area contributed by atoms with E-state index in [1.165, 1.54) is 19.3 Å². The van der Waals surface area contributed by atoms with Gasteiger partial charge in [0.05, 0.1) is 30.4 Å². The van der Waals surface area contributed by atoms with Crippen molar-refractivity contribution in [1.29, 1.82) is 0 Å². The number of aromatic nitrogens is 2. The first-order valence-electron chi connectivity index (χ1n) is 10.1. The van der Waals surface area contributed by atoms with Crippen molar-refractivity contribution in [2.75, 3.05) is 25.0 Å². The van der Waals surface area contributed by atoms with E-state index in [2.05, 4.69) is 41.5 Å². The van der Waals surface area contributed by atoms with Crippen molar-refractivity contribution >= 4 is 17.9 Å². The molecule has 1 saturated heterocycles. The predicted molar refractivity (Wildman–Crippen MR) is 108 cm³/mol. The Morgan fingerprint density at radius 1 is 1.33 bits per heavy atom. The Balaban J connectivity index is 1.72. The molecule has 2 N–H and O–H groups in total. The van der Waals surface area contributed by atoms with E-state index in [9.17, 15) is 4.79 Å². The van der Waals surface area contributed by atoms with Gasteiger partial charge in [0.1, 0.15) is 5.69 Å². The monoisotopic (exact) mass is 375 g/mol. The number of rotatable bonds is 7. The van der Waals surface area contributed by atoms with Crippen molar-refractivity contribution in [3.63, 3.8) is 0 Å². The molecular weight excluding hydrogens is 342 g/mol. The third-order valence-electron chi connectivity index (χ3n) is 5.10. The van der Waals surface area contributed by atoms with Crippen molar-refractivity contribution in [3.8, 4) is 0 Å². The molecule has 1 unspecified atom stereocenters. The van der Waals surface area contributed by atoms with E-state index >= 15 is 0 Å². The number of aryl methyl sites for hydroxylation is 1. The van der Waals surface area contributed by atoms with Crippen LogP contribution in [0.15, 0.2) is 4.99 Å². The minimum Gasteiger partial charge on any atom is -0.376 e. The first-order valence-corrected chi connectivity index (χ1v) is 10.1. The average molecular weight is 376 g/mol. The van der Waals surface area contributed by atoms with Crippen LogP contribution < -0.4 is 10.6 Å². The Labute approximate surface area is 162 Å². The molecule has 1 aliphatic carbocycles. The largest absolute Gasteiger partial charge is 0.376 e. The van der Waals surface area contributed by atoms with E-state index in [1.807, 2.05) is 7.05 Å². The van der Waals surface area contributed by atoms with E-state index in [-0.39, 0.29) is 17.4 Å². The highest BCUT2D eigenvalue weighted by Crippen LogP contribution is 2.32. The Bertz CT molecular complexity index is 679. The minimum absolute atomic E-state index is 0.0843. The van der Waals surface area contributed by atoms with Gasteiger partial charge in [0.2, 0.25) is 0 Å². The van der Waals surface area contributed by atoms with Gasteiger partial charge in [0.15, 0.2) is 0 Å². The molecule has 2 aliphatic rings. The molecule has 1 aromatic rings. The molecule has 2 fully saturated rings. The lowest BCUT2D eigenvalue weighted by Crippen LogP contribution is -2.28. The van der Waals surface area contributed by atoms with Crippen molar-refractivity contribution in [2.24, 2.45) is 18.0 Å². The second-order valence-corrected chi connectivity index (χ2v) is 8.73. The molecule has 7 nitrogen and oxygen atoms in total. The van der Waals surface area contributed by atoms with Gasteiger partial charge >= 0.3 is 0 Å². The van der Waals surface area contributed by atoms with Gasteiger partial charge in [-0.2, -0.15) is 5.10 Å². The number of nitrogens with zero attached hydrogens (tertiary/aromatic N) is 3. The zero-order chi connectivity index (χ0) is 19.4. The van der Waals surface area contributed by atoms with Crippen LogP contribution in [0, 0.1) is 5.92 Å². The van der Waals surface area contributed by atoms with E-state index in [0.29, 0.717) is 18.2 Å². The molecule has 0 spiro atoms. The number of carbonyl (C=O) groups is 1. The van der Waals surface area contributed by atoms with E-state index in [1.54, 1.807) is 11.0 Å². The molecule has 1 amide bonds. The van der Waals surface area contributed by atoms with Crippen LogP contribution in [0.3, 0.4) is 0 Å². The summed E-state index contributed by atoms with van der Waals surface area (Å²) in [6.45, 7) is 8.50. The molecule has 3 rings (SSSR count). The third-order valence-corrected chi connectivity index (χ3v) is 5.10. The van der Waals surface area contributed by atoms with Crippen molar-refractivity contribution in [3.05, 3.63) is 11.4 Å². The maximum Gasteiger partial charge on any atom is 0.271 e. The van der Waals surface area contributed by atoms with Gasteiger partial charge in [-0.25, -0.2) is 0 Å². The highest BCUT2D eigenvalue weighted by atomic mass is 16.5. The second-order valence-electron chi connectivity index (χ2n) is 8.73. The maximum atomic E-state index is 12.8. The number of ether oxygens (including phenoxy) is 1. The first-order chi connectivity index (χ1) is 12.9. The maximum absolute atomic E-state index is 12.8. The number of amides is 1. The van der Waals surface area contributed by atoms with Gasteiger partial charge in [0, 0.05) is 25.6 Å². The fourth-order valence-corrected chi connectivity index (χ4v) is 3.32. The van der Waals surface area contributed by atoms with Gasteiger partial charge in [-0.3, -0.25) is 14.5 Å². The molecular formula is C20H33N5O2. The van der Waals surface area contributed by atoms with Crippen LogP contribution in [0.5, 0.6) is 0 Å². The highest BCUT2D eigenvalue weighted by Gasteiger charge is 2.30. The summed E-state index contributed by atoms with van der Waals surface area (Å²) in [6.07, 6.45) is 7.71. The molecule has 1 saturated carbocycles. The van der Waals surface area contributed by atoms with Crippen LogP contribution in [-0.2, 0) is 17.2 Å². The summed E-state index contributed by atoms with van der Waals surface area (Å²) in [4.78, 5) is 17.2. The fraction of sp³-hybridized carbons (Fsp3) is 0.750. The highest BCUT2D eigenvalue weighted by molar-refractivity contribution is 6.01. The molecule has 2 heterocycles. The Morgan fingerprint density at radius 3 is 2.74 bits per heavy atom. The zero-order valence-corrected chi connectivity index (χ0v) is 17.0. The molecule has 1 aromatic heterocycles. The van der Waals surface area contributed by atoms with Crippen molar-refractivity contribution in [2.45, 2.75) is 64.4 Å². The summed E-state index contributed by atoms with van der Waals surface area (Å²) in [6, 6.07) is 0. The van der Waals surface area contributed by atoms with Crippen LogP contribution in [0.2, 0.25) is 0 Å². The smallest absolute Gasteiger partial charge is 0.271 e. The number of hydrogen-bond donors (Lipinski definition) is 2. The van der Waals surface area contributed by atoms with Crippen LogP contribution >= 0.6 is 0 Å². The summed E-state index contributed by atoms with van der Waals surface area (Å²) in [5.74, 6) is 0.552. The number of anilines is 1. The van der Waals surface area contributed by atoms with Gasteiger partial charge in [0.25, 0.3) is 5.91 Å². The molecule has 150 valence electrons. The Morgan fingerprint density at radius 2 is 2.11 bits per heavy atom. The lowest BCUT2D eigenvalue weighted by atomic mass is 9.91. The third kappa shape index (κ3) is 5.31. The van der Waals surface area contributed by atoms with E-state index < -0.39 is 0 Å². The van der Waals surface area contributed by atoms with Crippen LogP contribution in [0.1, 0.15) is 69.1 Å². The summed E-state index contributed by atoms with van der Waals surface area (Å²) in [5.41, 5.74) is 1.98. The summed E-state index contributed by atoms with van der Waals surface area (Å²) in [5, 5.41) is 10.9. The van der Waals surface area contributed by atoms with Crippen molar-refractivity contribution < 1.29 is 9.53 Å². The van der Waals surface area contributed by atoms with Gasteiger partial charge in [-0.1, -0.05) is 20.8 Å². The van der Waals surface area contributed by atoms with Gasteiger partial charge in [-0.15, -0.1) is 0 Å².